The summed E-state index contributed by atoms with van der Waals surface area (Å²) in [4.78, 5) is 55.1. The van der Waals surface area contributed by atoms with Crippen LogP contribution < -0.4 is 20.7 Å². The maximum absolute atomic E-state index is 13.5. The predicted molar refractivity (Wildman–Crippen MR) is 251 cm³/mol. The molecule has 0 unspecified atom stereocenters. The maximum atomic E-state index is 13.5. The summed E-state index contributed by atoms with van der Waals surface area (Å²) in [7, 11) is 0. The molecular weight excluding hydrogens is 908 g/mol. The fraction of sp³-hybridized carbons (Fsp3) is 0.319. The van der Waals surface area contributed by atoms with E-state index in [2.05, 4.69) is 49.7 Å². The number of carbonyl (C=O) groups is 3. The van der Waals surface area contributed by atoms with Crippen LogP contribution in [0.25, 0.3) is 26.1 Å². The number of aliphatic imine (C=N–C) groups is 1. The number of rotatable bonds is 19. The third-order valence-electron chi connectivity index (χ3n) is 11.1. The van der Waals surface area contributed by atoms with Crippen LogP contribution in [0.1, 0.15) is 92.8 Å². The van der Waals surface area contributed by atoms with Gasteiger partial charge in [0.15, 0.2) is 5.82 Å². The van der Waals surface area contributed by atoms with Crippen LogP contribution in [-0.2, 0) is 14.3 Å². The lowest BCUT2D eigenvalue weighted by atomic mass is 9.99. The molecule has 3 amide bonds. The Labute approximate surface area is 391 Å². The Morgan fingerprint density at radius 2 is 1.65 bits per heavy atom. The average Bonchev–Trinajstić information content (AvgIpc) is 3.98. The Bertz CT molecular complexity index is 2920. The highest BCUT2D eigenvalue weighted by Crippen LogP contribution is 2.40. The number of unbranched alkanes of at least 4 members (excludes halogenated alkanes) is 1. The largest absolute Gasteiger partial charge is 0.434 e. The van der Waals surface area contributed by atoms with Crippen molar-refractivity contribution in [3.63, 3.8) is 0 Å². The second-order valence-electron chi connectivity index (χ2n) is 15.6. The number of amides is 3. The number of benzene rings is 3. The van der Waals surface area contributed by atoms with Crippen LogP contribution >= 0.6 is 34.3 Å². The van der Waals surface area contributed by atoms with Gasteiger partial charge in [-0.2, -0.15) is 8.78 Å². The average molecular weight is 955 g/mol. The number of aromatic nitrogens is 5. The van der Waals surface area contributed by atoms with Crippen molar-refractivity contribution in [3.8, 4) is 10.8 Å². The highest BCUT2D eigenvalue weighted by atomic mass is 35.5. The molecule has 3 N–H and O–H groups in total. The molecule has 0 spiro atoms. The van der Waals surface area contributed by atoms with E-state index >= 15 is 0 Å². The third kappa shape index (κ3) is 10.6. The molecule has 8 rings (SSSR count). The number of alkyl halides is 2. The number of aryl methyl sites for hydroxylation is 2. The van der Waals surface area contributed by atoms with Gasteiger partial charge >= 0.3 is 6.61 Å². The van der Waals surface area contributed by atoms with Crippen LogP contribution in [0.15, 0.2) is 84.0 Å². The molecule has 0 radical (unpaired) electrons. The minimum absolute atomic E-state index is 0.0224. The van der Waals surface area contributed by atoms with Gasteiger partial charge in [0.1, 0.15) is 33.1 Å². The van der Waals surface area contributed by atoms with Crippen molar-refractivity contribution in [1.82, 2.24) is 40.7 Å². The van der Waals surface area contributed by atoms with Crippen molar-refractivity contribution >= 4 is 78.8 Å². The van der Waals surface area contributed by atoms with Gasteiger partial charge in [-0.3, -0.25) is 28.9 Å². The Morgan fingerprint density at radius 3 is 2.47 bits per heavy atom. The quantitative estimate of drug-likeness (QED) is 0.0669. The minimum Gasteiger partial charge on any atom is -0.434 e. The zero-order valence-electron chi connectivity index (χ0n) is 36.3. The fourth-order valence-electron chi connectivity index (χ4n) is 7.73. The molecule has 1 aliphatic rings. The molecule has 7 aromatic rings. The first-order valence-corrected chi connectivity index (χ1v) is 23.4. The van der Waals surface area contributed by atoms with Crippen LogP contribution in [0.4, 0.5) is 8.78 Å². The number of hydrogen-bond acceptors (Lipinski definition) is 12. The lowest BCUT2D eigenvalue weighted by Crippen LogP contribution is -2.30. The van der Waals surface area contributed by atoms with Gasteiger partial charge in [0, 0.05) is 45.9 Å². The molecule has 0 fully saturated rings. The summed E-state index contributed by atoms with van der Waals surface area (Å²) in [5.41, 5.74) is 5.22. The molecule has 14 nitrogen and oxygen atoms in total. The number of nitrogens with one attached hydrogen (secondary N) is 3. The summed E-state index contributed by atoms with van der Waals surface area (Å²) in [6.45, 7) is 3.94. The van der Waals surface area contributed by atoms with Gasteiger partial charge in [0.05, 0.1) is 53.4 Å². The number of halogens is 3. The number of fused-ring (bicyclic) bond motifs is 6. The first kappa shape index (κ1) is 46.3. The number of nitrogens with zero attached hydrogens (tertiary/aromatic N) is 6. The van der Waals surface area contributed by atoms with Crippen molar-refractivity contribution in [3.05, 3.63) is 128 Å². The van der Waals surface area contributed by atoms with Crippen molar-refractivity contribution in [2.24, 2.45) is 4.99 Å². The predicted octanol–water partition coefficient (Wildman–Crippen LogP) is 8.93. The second kappa shape index (κ2) is 21.0. The van der Waals surface area contributed by atoms with Gasteiger partial charge in [0.2, 0.25) is 11.8 Å². The molecule has 0 saturated carbocycles. The third-order valence-corrected chi connectivity index (χ3v) is 13.8. The molecule has 0 aliphatic carbocycles. The van der Waals surface area contributed by atoms with Gasteiger partial charge < -0.3 is 25.4 Å². The Balaban J connectivity index is 0.804. The molecule has 19 heteroatoms. The summed E-state index contributed by atoms with van der Waals surface area (Å²) in [6, 6.07) is 19.9. The van der Waals surface area contributed by atoms with Crippen LogP contribution in [0, 0.1) is 20.8 Å². The van der Waals surface area contributed by atoms with Crippen molar-refractivity contribution < 1.29 is 32.6 Å². The standard InChI is InChI=1S/C47H46ClF2N9O5S2/c1-26-27(2)65-46-40(26)41(29-15-17-30(48)18-16-29)54-35(43-58-57-28(3)59(43)46)24-39(61)52-21-23-63-22-19-38(60)51-20-9-8-13-34(55-44(62)32-11-5-7-14-37(32)64-47(49)50)45-56-36-25-53-33-12-6-4-10-31(33)42(36)66-45/h4-7,10-12,14-18,25,34-35,47H,8-9,13,19-24H2,1-3H3,(H,51,60)(H,52,61)(H,55,62)/t34-,35-/m0/s1. The van der Waals surface area contributed by atoms with Crippen molar-refractivity contribution in [2.45, 2.75) is 71.6 Å². The molecular formula is C47H46ClF2N9O5S2. The summed E-state index contributed by atoms with van der Waals surface area (Å²) in [6.07, 6.45) is 3.53. The number of thiazole rings is 1. The van der Waals surface area contributed by atoms with E-state index in [4.69, 9.17) is 26.3 Å². The maximum Gasteiger partial charge on any atom is 0.387 e. The van der Waals surface area contributed by atoms with E-state index in [0.717, 1.165) is 47.9 Å². The number of ether oxygens (including phenoxy) is 2. The molecule has 1 aliphatic heterocycles. The van der Waals surface area contributed by atoms with E-state index in [0.29, 0.717) is 53.0 Å². The first-order chi connectivity index (χ1) is 31.9. The highest BCUT2D eigenvalue weighted by molar-refractivity contribution is 7.19. The van der Waals surface area contributed by atoms with Crippen LogP contribution in [0.5, 0.6) is 5.75 Å². The highest BCUT2D eigenvalue weighted by Gasteiger charge is 2.32. The zero-order valence-corrected chi connectivity index (χ0v) is 38.7. The van der Waals surface area contributed by atoms with E-state index < -0.39 is 24.6 Å². The van der Waals surface area contributed by atoms with Crippen molar-refractivity contribution in [2.75, 3.05) is 26.3 Å². The summed E-state index contributed by atoms with van der Waals surface area (Å²) < 4.78 is 39.5. The van der Waals surface area contributed by atoms with E-state index in [9.17, 15) is 23.2 Å². The summed E-state index contributed by atoms with van der Waals surface area (Å²) in [5, 5.41) is 20.8. The van der Waals surface area contributed by atoms with Crippen molar-refractivity contribution in [1.29, 1.82) is 0 Å². The summed E-state index contributed by atoms with van der Waals surface area (Å²) in [5.74, 6) is 0.0700. The molecule has 2 atom stereocenters. The molecule has 4 aromatic heterocycles. The van der Waals surface area contributed by atoms with Gasteiger partial charge in [-0.05, 0) is 75.9 Å². The second-order valence-corrected chi connectivity index (χ2v) is 18.3. The number of para-hydroxylation sites is 2. The molecule has 5 heterocycles. The zero-order chi connectivity index (χ0) is 46.3. The Kier molecular flexibility index (Phi) is 14.7. The SMILES string of the molecule is Cc1sc2c(c1C)C(c1ccc(Cl)cc1)=N[C@@H](CC(=O)NCCOCCC(=O)NCCCC[C@H](NC(=O)c1ccccc1OC(F)F)c1nc3cnc4ccccc4c3s1)c1nnc(C)n1-2. The Hall–Kier alpha value is -6.21. The van der Waals surface area contributed by atoms with Crippen LogP contribution in [0.3, 0.4) is 0 Å². The fourth-order valence-corrected chi connectivity index (χ4v) is 10.2. The topological polar surface area (TPSA) is 175 Å². The van der Waals surface area contributed by atoms with E-state index in [1.165, 1.54) is 29.5 Å². The number of pyridine rings is 1. The molecule has 0 bridgehead atoms. The van der Waals surface area contributed by atoms with Gasteiger partial charge in [-0.15, -0.1) is 32.9 Å². The Morgan fingerprint density at radius 1 is 0.879 bits per heavy atom. The number of hydrogen-bond donors (Lipinski definition) is 3. The number of carbonyl (C=O) groups excluding carboxylic acids is 3. The van der Waals surface area contributed by atoms with Crippen LogP contribution in [0.2, 0.25) is 5.02 Å². The summed E-state index contributed by atoms with van der Waals surface area (Å²) >= 11 is 9.31. The van der Waals surface area contributed by atoms with E-state index in [-0.39, 0.29) is 55.7 Å². The molecule has 3 aromatic carbocycles. The van der Waals surface area contributed by atoms with Gasteiger partial charge in [-0.25, -0.2) is 4.98 Å². The smallest absolute Gasteiger partial charge is 0.387 e. The van der Waals surface area contributed by atoms with E-state index in [1.807, 2.05) is 60.0 Å². The molecule has 0 saturated heterocycles. The first-order valence-electron chi connectivity index (χ1n) is 21.4. The van der Waals surface area contributed by atoms with Gasteiger partial charge in [0.25, 0.3) is 5.91 Å². The minimum atomic E-state index is -3.09. The van der Waals surface area contributed by atoms with Gasteiger partial charge in [-0.1, -0.05) is 54.1 Å². The van der Waals surface area contributed by atoms with Crippen LogP contribution in [-0.4, -0.2) is 81.1 Å². The lowest BCUT2D eigenvalue weighted by molar-refractivity contribution is -0.123. The number of thiophene rings is 1. The lowest BCUT2D eigenvalue weighted by Gasteiger charge is -2.18. The monoisotopic (exact) mass is 953 g/mol. The van der Waals surface area contributed by atoms with E-state index in [1.54, 1.807) is 23.6 Å². The molecule has 342 valence electrons. The molecule has 66 heavy (non-hydrogen) atoms. The normalized spacial score (nSPS) is 13.8.